The van der Waals surface area contributed by atoms with Crippen LogP contribution in [0.3, 0.4) is 0 Å². The van der Waals surface area contributed by atoms with Gasteiger partial charge in [0.05, 0.1) is 5.60 Å². The molecule has 2 aromatic carbocycles. The van der Waals surface area contributed by atoms with E-state index in [1.165, 1.54) is 0 Å². The van der Waals surface area contributed by atoms with E-state index in [0.29, 0.717) is 12.8 Å². The number of alkyl halides is 3. The van der Waals surface area contributed by atoms with Crippen LogP contribution in [0.1, 0.15) is 43.2 Å². The van der Waals surface area contributed by atoms with Gasteiger partial charge in [0, 0.05) is 30.5 Å². The number of fused-ring (bicyclic) bond motifs is 2. The second-order valence-electron chi connectivity index (χ2n) is 8.32. The highest BCUT2D eigenvalue weighted by atomic mass is 19.4. The summed E-state index contributed by atoms with van der Waals surface area (Å²) in [5.41, 5.74) is -1.14. The number of ether oxygens (including phenoxy) is 2. The van der Waals surface area contributed by atoms with Gasteiger partial charge in [-0.25, -0.2) is 9.18 Å². The topological polar surface area (TPSA) is 59.0 Å². The number of amides is 1. The molecule has 4 rings (SSSR count). The van der Waals surface area contributed by atoms with E-state index in [1.54, 1.807) is 4.90 Å². The van der Waals surface area contributed by atoms with Crippen molar-refractivity contribution in [1.82, 2.24) is 4.90 Å². The molecule has 32 heavy (non-hydrogen) atoms. The average Bonchev–Trinajstić information content (AvgIpc) is 2.72. The third kappa shape index (κ3) is 4.82. The van der Waals surface area contributed by atoms with Crippen LogP contribution in [-0.4, -0.2) is 34.5 Å². The van der Waals surface area contributed by atoms with Crippen molar-refractivity contribution in [2.24, 2.45) is 0 Å². The lowest BCUT2D eigenvalue weighted by molar-refractivity contribution is -0.274. The predicted molar refractivity (Wildman–Crippen MR) is 106 cm³/mol. The molecule has 172 valence electrons. The van der Waals surface area contributed by atoms with Gasteiger partial charge < -0.3 is 19.5 Å². The van der Waals surface area contributed by atoms with Gasteiger partial charge in [-0.15, -0.1) is 13.2 Å². The fourth-order valence-corrected chi connectivity index (χ4v) is 4.80. The first kappa shape index (κ1) is 22.4. The Labute approximate surface area is 182 Å². The van der Waals surface area contributed by atoms with Gasteiger partial charge in [-0.05, 0) is 43.0 Å². The zero-order valence-electron chi connectivity index (χ0n) is 17.1. The zero-order chi connectivity index (χ0) is 22.9. The number of hydrogen-bond donors (Lipinski definition) is 1. The van der Waals surface area contributed by atoms with E-state index in [2.05, 4.69) is 4.74 Å². The van der Waals surface area contributed by atoms with Crippen molar-refractivity contribution in [3.05, 3.63) is 65.5 Å². The summed E-state index contributed by atoms with van der Waals surface area (Å²) < 4.78 is 61.7. The standard InChI is InChI=1S/C23H23F4NO4/c24-20-10-9-18(32-23(25,26)27)11-19(20)22(30)12-16-7-4-8-17(13-22)28(16)21(29)31-14-15-5-2-1-3-6-15/h1-3,5-6,9-11,16-17,30H,4,7-8,12-14H2. The third-order valence-electron chi connectivity index (χ3n) is 6.10. The van der Waals surface area contributed by atoms with Crippen LogP contribution >= 0.6 is 0 Å². The number of hydrogen-bond acceptors (Lipinski definition) is 4. The normalized spacial score (nSPS) is 25.3. The van der Waals surface area contributed by atoms with Gasteiger partial charge in [-0.2, -0.15) is 0 Å². The van der Waals surface area contributed by atoms with E-state index < -0.39 is 41.7 Å². The van der Waals surface area contributed by atoms with Crippen LogP contribution in [0.15, 0.2) is 48.5 Å². The number of halogens is 4. The molecule has 2 heterocycles. The predicted octanol–water partition coefficient (Wildman–Crippen LogP) is 5.27. The first-order valence-electron chi connectivity index (χ1n) is 10.4. The molecule has 2 bridgehead atoms. The Balaban J connectivity index is 1.52. The van der Waals surface area contributed by atoms with Gasteiger partial charge in [-0.1, -0.05) is 30.3 Å². The molecule has 0 radical (unpaired) electrons. The lowest BCUT2D eigenvalue weighted by Crippen LogP contribution is -2.59. The van der Waals surface area contributed by atoms with E-state index in [4.69, 9.17) is 4.74 Å². The molecule has 2 aromatic rings. The molecular formula is C23H23F4NO4. The molecule has 0 saturated carbocycles. The summed E-state index contributed by atoms with van der Waals surface area (Å²) in [6.45, 7) is 0.103. The van der Waals surface area contributed by atoms with Crippen molar-refractivity contribution in [2.75, 3.05) is 0 Å². The Morgan fingerprint density at radius 1 is 1.09 bits per heavy atom. The second-order valence-corrected chi connectivity index (χ2v) is 8.32. The van der Waals surface area contributed by atoms with E-state index in [0.717, 1.165) is 30.2 Å². The van der Waals surface area contributed by atoms with Crippen LogP contribution < -0.4 is 4.74 Å². The molecular weight excluding hydrogens is 430 g/mol. The largest absolute Gasteiger partial charge is 0.573 e. The molecule has 2 atom stereocenters. The number of nitrogens with zero attached hydrogens (tertiary/aromatic N) is 1. The van der Waals surface area contributed by atoms with Crippen molar-refractivity contribution in [2.45, 2.75) is 62.8 Å². The van der Waals surface area contributed by atoms with Gasteiger partial charge in [0.1, 0.15) is 18.2 Å². The highest BCUT2D eigenvalue weighted by Crippen LogP contribution is 2.46. The second kappa shape index (κ2) is 8.61. The number of piperidine rings is 2. The Kier molecular flexibility index (Phi) is 6.03. The summed E-state index contributed by atoms with van der Waals surface area (Å²) in [4.78, 5) is 14.4. The lowest BCUT2D eigenvalue weighted by Gasteiger charge is -2.51. The van der Waals surface area contributed by atoms with Gasteiger partial charge in [0.15, 0.2) is 0 Å². The molecule has 0 spiro atoms. The van der Waals surface area contributed by atoms with Crippen molar-refractivity contribution in [3.63, 3.8) is 0 Å². The maximum atomic E-state index is 14.6. The first-order chi connectivity index (χ1) is 15.1. The summed E-state index contributed by atoms with van der Waals surface area (Å²) in [6.07, 6.45) is -3.46. The van der Waals surface area contributed by atoms with Crippen molar-refractivity contribution >= 4 is 6.09 Å². The molecule has 1 amide bonds. The maximum absolute atomic E-state index is 14.6. The van der Waals surface area contributed by atoms with Crippen molar-refractivity contribution < 1.29 is 36.9 Å². The summed E-state index contributed by atoms with van der Waals surface area (Å²) in [5.74, 6) is -1.42. The molecule has 2 saturated heterocycles. The van der Waals surface area contributed by atoms with Gasteiger partial charge in [-0.3, -0.25) is 0 Å². The summed E-state index contributed by atoms with van der Waals surface area (Å²) in [7, 11) is 0. The molecule has 5 nitrogen and oxygen atoms in total. The molecule has 1 N–H and O–H groups in total. The Morgan fingerprint density at radius 3 is 2.38 bits per heavy atom. The van der Waals surface area contributed by atoms with E-state index in [9.17, 15) is 27.5 Å². The van der Waals surface area contributed by atoms with Crippen molar-refractivity contribution in [3.8, 4) is 5.75 Å². The minimum absolute atomic E-state index is 0.00364. The highest BCUT2D eigenvalue weighted by molar-refractivity contribution is 5.69. The molecule has 0 aliphatic carbocycles. The van der Waals surface area contributed by atoms with Gasteiger partial charge in [0.25, 0.3) is 0 Å². The Hall–Kier alpha value is -2.81. The quantitative estimate of drug-likeness (QED) is 0.642. The summed E-state index contributed by atoms with van der Waals surface area (Å²) in [5, 5.41) is 11.3. The number of aliphatic hydroxyl groups is 1. The van der Waals surface area contributed by atoms with Gasteiger partial charge >= 0.3 is 12.5 Å². The molecule has 2 aliphatic rings. The number of carbonyl (C=O) groups is 1. The minimum Gasteiger partial charge on any atom is -0.445 e. The van der Waals surface area contributed by atoms with Crippen LogP contribution in [0.25, 0.3) is 0 Å². The molecule has 2 fully saturated rings. The van der Waals surface area contributed by atoms with E-state index in [1.807, 2.05) is 30.3 Å². The zero-order valence-corrected chi connectivity index (χ0v) is 17.1. The molecule has 2 aliphatic heterocycles. The van der Waals surface area contributed by atoms with Crippen LogP contribution in [0.5, 0.6) is 5.75 Å². The fourth-order valence-electron chi connectivity index (χ4n) is 4.80. The number of benzene rings is 2. The molecule has 2 unspecified atom stereocenters. The number of rotatable bonds is 4. The maximum Gasteiger partial charge on any atom is 0.573 e. The number of carbonyl (C=O) groups excluding carboxylic acids is 1. The third-order valence-corrected chi connectivity index (χ3v) is 6.10. The van der Waals surface area contributed by atoms with Crippen LogP contribution in [0, 0.1) is 5.82 Å². The van der Waals surface area contributed by atoms with E-state index >= 15 is 0 Å². The van der Waals surface area contributed by atoms with Crippen LogP contribution in [0.2, 0.25) is 0 Å². The molecule has 0 aromatic heterocycles. The van der Waals surface area contributed by atoms with Crippen LogP contribution in [0.4, 0.5) is 22.4 Å². The fraction of sp³-hybridized carbons (Fsp3) is 0.435. The van der Waals surface area contributed by atoms with Gasteiger partial charge in [0.2, 0.25) is 0 Å². The summed E-state index contributed by atoms with van der Waals surface area (Å²) in [6, 6.07) is 11.0. The lowest BCUT2D eigenvalue weighted by atomic mass is 9.72. The first-order valence-corrected chi connectivity index (χ1v) is 10.4. The minimum atomic E-state index is -4.93. The average molecular weight is 453 g/mol. The van der Waals surface area contributed by atoms with E-state index in [-0.39, 0.29) is 25.0 Å². The van der Waals surface area contributed by atoms with Crippen LogP contribution in [-0.2, 0) is 16.9 Å². The SMILES string of the molecule is O=C(OCc1ccccc1)N1C2CCCC1CC(O)(c1cc(OC(F)(F)F)ccc1F)C2. The Bertz CT molecular complexity index is 952. The summed E-state index contributed by atoms with van der Waals surface area (Å²) >= 11 is 0. The molecule has 9 heteroatoms. The Morgan fingerprint density at radius 2 is 1.75 bits per heavy atom. The highest BCUT2D eigenvalue weighted by Gasteiger charge is 2.49. The smallest absolute Gasteiger partial charge is 0.445 e. The monoisotopic (exact) mass is 453 g/mol. The van der Waals surface area contributed by atoms with Crippen molar-refractivity contribution in [1.29, 1.82) is 0 Å².